The molecule has 96 valence electrons. The van der Waals surface area contributed by atoms with Gasteiger partial charge in [-0.15, -0.1) is 0 Å². The van der Waals surface area contributed by atoms with Crippen LogP contribution in [0.25, 0.3) is 11.0 Å². The van der Waals surface area contributed by atoms with Crippen molar-refractivity contribution < 1.29 is 9.53 Å². The van der Waals surface area contributed by atoms with Crippen molar-refractivity contribution in [2.45, 2.75) is 6.92 Å². The number of nitrogens with one attached hydrogen (secondary N) is 1. The van der Waals surface area contributed by atoms with E-state index < -0.39 is 0 Å². The predicted molar refractivity (Wildman–Crippen MR) is 69.7 cm³/mol. The van der Waals surface area contributed by atoms with E-state index in [9.17, 15) is 4.79 Å². The Labute approximate surface area is 106 Å². The number of nitrogens with zero attached hydrogens (tertiary/aromatic N) is 2. The van der Waals surface area contributed by atoms with Gasteiger partial charge in [0.25, 0.3) is 5.91 Å². The van der Waals surface area contributed by atoms with Gasteiger partial charge in [-0.3, -0.25) is 4.79 Å². The molecule has 0 atom stereocenters. The molecule has 1 aromatic carbocycles. The smallest absolute Gasteiger partial charge is 0.251 e. The van der Waals surface area contributed by atoms with Crippen LogP contribution in [-0.2, 0) is 11.8 Å². The van der Waals surface area contributed by atoms with Crippen LogP contribution in [0.15, 0.2) is 18.2 Å². The van der Waals surface area contributed by atoms with Crippen LogP contribution < -0.4 is 5.32 Å². The first-order valence-corrected chi connectivity index (χ1v) is 5.83. The fourth-order valence-corrected chi connectivity index (χ4v) is 1.83. The number of imidazole rings is 1. The van der Waals surface area contributed by atoms with Gasteiger partial charge in [-0.2, -0.15) is 0 Å². The van der Waals surface area contributed by atoms with Gasteiger partial charge in [0.1, 0.15) is 5.82 Å². The van der Waals surface area contributed by atoms with Gasteiger partial charge in [-0.05, 0) is 25.1 Å². The van der Waals surface area contributed by atoms with Crippen molar-refractivity contribution in [2.75, 3.05) is 20.3 Å². The molecule has 0 saturated heterocycles. The van der Waals surface area contributed by atoms with Crippen molar-refractivity contribution in [3.05, 3.63) is 29.6 Å². The molecule has 0 saturated carbocycles. The molecule has 0 unspecified atom stereocenters. The number of amides is 1. The van der Waals surface area contributed by atoms with Crippen molar-refractivity contribution >= 4 is 16.9 Å². The van der Waals surface area contributed by atoms with Gasteiger partial charge in [0.15, 0.2) is 0 Å². The maximum absolute atomic E-state index is 11.9. The average Bonchev–Trinajstić information content (AvgIpc) is 2.65. The zero-order valence-electron chi connectivity index (χ0n) is 10.9. The van der Waals surface area contributed by atoms with Crippen LogP contribution in [0.4, 0.5) is 0 Å². The van der Waals surface area contributed by atoms with Gasteiger partial charge in [0, 0.05) is 26.3 Å². The maximum atomic E-state index is 11.9. The van der Waals surface area contributed by atoms with Crippen molar-refractivity contribution in [3.63, 3.8) is 0 Å². The molecule has 0 radical (unpaired) electrons. The summed E-state index contributed by atoms with van der Waals surface area (Å²) in [6.45, 7) is 2.96. The Morgan fingerprint density at radius 1 is 1.50 bits per heavy atom. The van der Waals surface area contributed by atoms with Gasteiger partial charge in [0.05, 0.1) is 17.6 Å². The minimum atomic E-state index is -0.0998. The Hall–Kier alpha value is -1.88. The third-order valence-corrected chi connectivity index (χ3v) is 2.96. The van der Waals surface area contributed by atoms with Crippen molar-refractivity contribution in [1.82, 2.24) is 14.9 Å². The molecule has 2 rings (SSSR count). The first-order valence-electron chi connectivity index (χ1n) is 5.83. The lowest BCUT2D eigenvalue weighted by atomic mass is 10.2. The summed E-state index contributed by atoms with van der Waals surface area (Å²) < 4.78 is 6.89. The standard InChI is InChI=1S/C13H17N3O2/c1-9-15-11-8-10(4-5-12(11)16(9)2)13(17)14-6-7-18-3/h4-5,8H,6-7H2,1-3H3,(H,14,17). The molecule has 0 spiro atoms. The quantitative estimate of drug-likeness (QED) is 0.827. The number of fused-ring (bicyclic) bond motifs is 1. The molecule has 18 heavy (non-hydrogen) atoms. The molecular formula is C13H17N3O2. The summed E-state index contributed by atoms with van der Waals surface area (Å²) in [4.78, 5) is 16.3. The average molecular weight is 247 g/mol. The highest BCUT2D eigenvalue weighted by molar-refractivity contribution is 5.97. The van der Waals surface area contributed by atoms with Crippen LogP contribution in [0, 0.1) is 6.92 Å². The molecular weight excluding hydrogens is 230 g/mol. The van der Waals surface area contributed by atoms with E-state index in [1.165, 1.54) is 0 Å². The fraction of sp³-hybridized carbons (Fsp3) is 0.385. The van der Waals surface area contributed by atoms with E-state index in [1.807, 2.05) is 36.7 Å². The number of carbonyl (C=O) groups is 1. The number of rotatable bonds is 4. The molecule has 1 heterocycles. The van der Waals surface area contributed by atoms with Crippen LogP contribution in [0.2, 0.25) is 0 Å². The lowest BCUT2D eigenvalue weighted by molar-refractivity contribution is 0.0937. The Bertz CT molecular complexity index is 575. The monoisotopic (exact) mass is 247 g/mol. The van der Waals surface area contributed by atoms with E-state index in [0.717, 1.165) is 16.9 Å². The van der Waals surface area contributed by atoms with Crippen LogP contribution in [0.5, 0.6) is 0 Å². The summed E-state index contributed by atoms with van der Waals surface area (Å²) >= 11 is 0. The topological polar surface area (TPSA) is 56.1 Å². The van der Waals surface area contributed by atoms with Gasteiger partial charge in [-0.1, -0.05) is 0 Å². The molecule has 0 aliphatic heterocycles. The van der Waals surface area contributed by atoms with Crippen LogP contribution in [0.1, 0.15) is 16.2 Å². The van der Waals surface area contributed by atoms with E-state index in [0.29, 0.717) is 18.7 Å². The molecule has 0 aliphatic carbocycles. The Kier molecular flexibility index (Phi) is 3.62. The Morgan fingerprint density at radius 3 is 3.00 bits per heavy atom. The molecule has 0 bridgehead atoms. The van der Waals surface area contributed by atoms with Gasteiger partial charge < -0.3 is 14.6 Å². The highest BCUT2D eigenvalue weighted by Crippen LogP contribution is 2.16. The number of methoxy groups -OCH3 is 1. The highest BCUT2D eigenvalue weighted by atomic mass is 16.5. The summed E-state index contributed by atoms with van der Waals surface area (Å²) in [6.07, 6.45) is 0. The summed E-state index contributed by atoms with van der Waals surface area (Å²) in [5.41, 5.74) is 2.49. The molecule has 1 aromatic heterocycles. The highest BCUT2D eigenvalue weighted by Gasteiger charge is 2.09. The number of hydrogen-bond acceptors (Lipinski definition) is 3. The summed E-state index contributed by atoms with van der Waals surface area (Å²) in [7, 11) is 3.57. The van der Waals surface area contributed by atoms with Crippen LogP contribution in [0.3, 0.4) is 0 Å². The van der Waals surface area contributed by atoms with E-state index in [4.69, 9.17) is 4.74 Å². The predicted octanol–water partition coefficient (Wildman–Crippen LogP) is 1.26. The number of aryl methyl sites for hydroxylation is 2. The van der Waals surface area contributed by atoms with E-state index >= 15 is 0 Å². The second kappa shape index (κ2) is 5.18. The van der Waals surface area contributed by atoms with Crippen LogP contribution >= 0.6 is 0 Å². The van der Waals surface area contributed by atoms with Gasteiger partial charge in [-0.25, -0.2) is 4.98 Å². The lowest BCUT2D eigenvalue weighted by Gasteiger charge is -2.04. The second-order valence-electron chi connectivity index (χ2n) is 4.17. The van der Waals surface area contributed by atoms with Crippen molar-refractivity contribution in [3.8, 4) is 0 Å². The third kappa shape index (κ3) is 2.36. The third-order valence-electron chi connectivity index (χ3n) is 2.96. The molecule has 2 aromatic rings. The number of aromatic nitrogens is 2. The first kappa shape index (κ1) is 12.6. The van der Waals surface area contributed by atoms with Crippen molar-refractivity contribution in [1.29, 1.82) is 0 Å². The fourth-order valence-electron chi connectivity index (χ4n) is 1.83. The molecule has 1 amide bonds. The lowest BCUT2D eigenvalue weighted by Crippen LogP contribution is -2.26. The first-order chi connectivity index (χ1) is 8.63. The normalized spacial score (nSPS) is 10.8. The van der Waals surface area contributed by atoms with Gasteiger partial charge >= 0.3 is 0 Å². The Balaban J connectivity index is 2.22. The van der Waals surface area contributed by atoms with Gasteiger partial charge in [0.2, 0.25) is 0 Å². The minimum absolute atomic E-state index is 0.0998. The minimum Gasteiger partial charge on any atom is -0.383 e. The molecule has 0 fully saturated rings. The molecule has 0 aliphatic rings. The van der Waals surface area contributed by atoms with Crippen LogP contribution in [-0.4, -0.2) is 35.7 Å². The SMILES string of the molecule is COCCNC(=O)c1ccc2c(c1)nc(C)n2C. The molecule has 1 N–H and O–H groups in total. The summed E-state index contributed by atoms with van der Waals surface area (Å²) in [5.74, 6) is 0.833. The zero-order valence-corrected chi connectivity index (χ0v) is 10.9. The number of benzene rings is 1. The van der Waals surface area contributed by atoms with Crippen molar-refractivity contribution in [2.24, 2.45) is 7.05 Å². The maximum Gasteiger partial charge on any atom is 0.251 e. The number of carbonyl (C=O) groups excluding carboxylic acids is 1. The number of ether oxygens (including phenoxy) is 1. The van der Waals surface area contributed by atoms with E-state index in [1.54, 1.807) is 7.11 Å². The largest absolute Gasteiger partial charge is 0.383 e. The summed E-state index contributed by atoms with van der Waals surface area (Å²) in [6, 6.07) is 5.54. The zero-order chi connectivity index (χ0) is 13.1. The number of hydrogen-bond donors (Lipinski definition) is 1. The molecule has 5 heteroatoms. The second-order valence-corrected chi connectivity index (χ2v) is 4.17. The summed E-state index contributed by atoms with van der Waals surface area (Å²) in [5, 5.41) is 2.79. The van der Waals surface area contributed by atoms with E-state index in [2.05, 4.69) is 10.3 Å². The Morgan fingerprint density at radius 2 is 2.28 bits per heavy atom. The molecule has 5 nitrogen and oxygen atoms in total. The van der Waals surface area contributed by atoms with E-state index in [-0.39, 0.29) is 5.91 Å².